The van der Waals surface area contributed by atoms with Crippen molar-refractivity contribution in [3.63, 3.8) is 0 Å². The fraction of sp³-hybridized carbons (Fsp3) is 0.533. The zero-order valence-corrected chi connectivity index (χ0v) is 11.1. The van der Waals surface area contributed by atoms with Gasteiger partial charge in [0.2, 0.25) is 5.91 Å². The van der Waals surface area contributed by atoms with Crippen molar-refractivity contribution < 1.29 is 14.3 Å². The number of nitrogens with one attached hydrogen (secondary N) is 1. The zero-order valence-electron chi connectivity index (χ0n) is 11.1. The predicted octanol–water partition coefficient (Wildman–Crippen LogP) is 2.55. The number of hydrogen-bond donors (Lipinski definition) is 2. The quantitative estimate of drug-likeness (QED) is 0.859. The number of aliphatic hydroxyl groups excluding tert-OH is 1. The summed E-state index contributed by atoms with van der Waals surface area (Å²) in [5.41, 5.74) is 0.437. The van der Waals surface area contributed by atoms with Gasteiger partial charge in [0.05, 0.1) is 12.5 Å². The highest BCUT2D eigenvalue weighted by Gasteiger charge is 2.25. The Morgan fingerprint density at radius 3 is 2.84 bits per heavy atom. The van der Waals surface area contributed by atoms with Crippen LogP contribution in [0.15, 0.2) is 24.3 Å². The standard InChI is InChI=1S/C15H20FNO2/c1-10(11-4-2-5-11)17-15(19)9-14(18)12-6-3-7-13(16)8-12/h3,6-8,10-11,14,18H,2,4-5,9H2,1H3,(H,17,19). The molecule has 1 aromatic carbocycles. The average Bonchev–Trinajstić information content (AvgIpc) is 2.25. The van der Waals surface area contributed by atoms with Crippen molar-refractivity contribution in [1.82, 2.24) is 5.32 Å². The number of carbonyl (C=O) groups is 1. The molecule has 19 heavy (non-hydrogen) atoms. The van der Waals surface area contributed by atoms with Crippen LogP contribution in [-0.4, -0.2) is 17.1 Å². The van der Waals surface area contributed by atoms with Crippen LogP contribution in [0.3, 0.4) is 0 Å². The van der Waals surface area contributed by atoms with E-state index in [-0.39, 0.29) is 18.4 Å². The van der Waals surface area contributed by atoms with E-state index < -0.39 is 11.9 Å². The Morgan fingerprint density at radius 2 is 2.26 bits per heavy atom. The van der Waals surface area contributed by atoms with Crippen molar-refractivity contribution in [1.29, 1.82) is 0 Å². The van der Waals surface area contributed by atoms with Gasteiger partial charge in [0.15, 0.2) is 0 Å². The molecule has 1 fully saturated rings. The number of aliphatic hydroxyl groups is 1. The van der Waals surface area contributed by atoms with Crippen LogP contribution in [0, 0.1) is 11.7 Å². The van der Waals surface area contributed by atoms with Crippen molar-refractivity contribution in [3.8, 4) is 0 Å². The molecule has 1 aromatic rings. The van der Waals surface area contributed by atoms with Crippen LogP contribution < -0.4 is 5.32 Å². The molecule has 2 N–H and O–H groups in total. The molecular weight excluding hydrogens is 245 g/mol. The maximum atomic E-state index is 13.0. The van der Waals surface area contributed by atoms with Crippen LogP contribution in [0.5, 0.6) is 0 Å². The minimum absolute atomic E-state index is 0.0273. The Labute approximate surface area is 112 Å². The first kappa shape index (κ1) is 14.0. The third-order valence-corrected chi connectivity index (χ3v) is 3.86. The van der Waals surface area contributed by atoms with Crippen LogP contribution in [0.1, 0.15) is 44.3 Å². The van der Waals surface area contributed by atoms with Crippen molar-refractivity contribution in [2.24, 2.45) is 5.92 Å². The molecule has 0 saturated heterocycles. The normalized spacial score (nSPS) is 18.5. The van der Waals surface area contributed by atoms with E-state index in [0.29, 0.717) is 11.5 Å². The molecule has 2 unspecified atom stereocenters. The molecule has 0 radical (unpaired) electrons. The first-order valence-corrected chi connectivity index (χ1v) is 6.79. The van der Waals surface area contributed by atoms with E-state index in [1.165, 1.54) is 24.6 Å². The summed E-state index contributed by atoms with van der Waals surface area (Å²) in [4.78, 5) is 11.8. The molecule has 1 aliphatic rings. The van der Waals surface area contributed by atoms with Crippen LogP contribution in [0.4, 0.5) is 4.39 Å². The van der Waals surface area contributed by atoms with Gasteiger partial charge in [0.25, 0.3) is 0 Å². The third-order valence-electron chi connectivity index (χ3n) is 3.86. The molecule has 3 nitrogen and oxygen atoms in total. The van der Waals surface area contributed by atoms with Gasteiger partial charge in [0.1, 0.15) is 5.82 Å². The zero-order chi connectivity index (χ0) is 13.8. The number of amides is 1. The van der Waals surface area contributed by atoms with Gasteiger partial charge in [-0.1, -0.05) is 18.6 Å². The minimum atomic E-state index is -0.954. The first-order chi connectivity index (χ1) is 9.06. The summed E-state index contributed by atoms with van der Waals surface area (Å²) >= 11 is 0. The van der Waals surface area contributed by atoms with Gasteiger partial charge in [0, 0.05) is 6.04 Å². The molecule has 1 amide bonds. The fourth-order valence-electron chi connectivity index (χ4n) is 2.38. The summed E-state index contributed by atoms with van der Waals surface area (Å²) in [6, 6.07) is 5.88. The molecule has 2 rings (SSSR count). The predicted molar refractivity (Wildman–Crippen MR) is 70.9 cm³/mol. The summed E-state index contributed by atoms with van der Waals surface area (Å²) in [6.45, 7) is 2.00. The average molecular weight is 265 g/mol. The van der Waals surface area contributed by atoms with Crippen LogP contribution in [0.25, 0.3) is 0 Å². The third kappa shape index (κ3) is 3.77. The lowest BCUT2D eigenvalue weighted by Crippen LogP contribution is -2.41. The van der Waals surface area contributed by atoms with Crippen molar-refractivity contribution in [2.45, 2.75) is 44.8 Å². The molecule has 0 aliphatic heterocycles. The molecule has 4 heteroatoms. The second-order valence-electron chi connectivity index (χ2n) is 5.32. The molecular formula is C15H20FNO2. The smallest absolute Gasteiger partial charge is 0.223 e. The van der Waals surface area contributed by atoms with Crippen molar-refractivity contribution >= 4 is 5.91 Å². The van der Waals surface area contributed by atoms with E-state index in [9.17, 15) is 14.3 Å². The van der Waals surface area contributed by atoms with Gasteiger partial charge in [-0.3, -0.25) is 4.79 Å². The summed E-state index contributed by atoms with van der Waals surface area (Å²) in [7, 11) is 0. The Balaban J connectivity index is 1.84. The van der Waals surface area contributed by atoms with E-state index in [1.54, 1.807) is 6.07 Å². The second-order valence-corrected chi connectivity index (χ2v) is 5.32. The van der Waals surface area contributed by atoms with E-state index in [0.717, 1.165) is 12.8 Å². The van der Waals surface area contributed by atoms with Crippen molar-refractivity contribution in [2.75, 3.05) is 0 Å². The highest BCUT2D eigenvalue weighted by atomic mass is 19.1. The molecule has 0 bridgehead atoms. The lowest BCUT2D eigenvalue weighted by Gasteiger charge is -2.32. The minimum Gasteiger partial charge on any atom is -0.388 e. The van der Waals surface area contributed by atoms with Gasteiger partial charge in [-0.2, -0.15) is 0 Å². The van der Waals surface area contributed by atoms with Gasteiger partial charge >= 0.3 is 0 Å². The summed E-state index contributed by atoms with van der Waals surface area (Å²) in [6.07, 6.45) is 2.57. The first-order valence-electron chi connectivity index (χ1n) is 6.79. The molecule has 2 atom stereocenters. The highest BCUT2D eigenvalue weighted by Crippen LogP contribution is 2.29. The topological polar surface area (TPSA) is 49.3 Å². The van der Waals surface area contributed by atoms with E-state index in [4.69, 9.17) is 0 Å². The Morgan fingerprint density at radius 1 is 1.53 bits per heavy atom. The van der Waals surface area contributed by atoms with Gasteiger partial charge < -0.3 is 10.4 Å². The Kier molecular flexibility index (Phi) is 4.53. The Hall–Kier alpha value is -1.42. The van der Waals surface area contributed by atoms with E-state index >= 15 is 0 Å². The monoisotopic (exact) mass is 265 g/mol. The number of hydrogen-bond acceptors (Lipinski definition) is 2. The Bertz CT molecular complexity index is 446. The second kappa shape index (κ2) is 6.15. The van der Waals surface area contributed by atoms with E-state index in [1.807, 2.05) is 6.92 Å². The summed E-state index contributed by atoms with van der Waals surface area (Å²) < 4.78 is 13.0. The molecule has 0 heterocycles. The molecule has 1 saturated carbocycles. The lowest BCUT2D eigenvalue weighted by atomic mass is 9.80. The largest absolute Gasteiger partial charge is 0.388 e. The van der Waals surface area contributed by atoms with Gasteiger partial charge in [-0.15, -0.1) is 0 Å². The van der Waals surface area contributed by atoms with Crippen LogP contribution >= 0.6 is 0 Å². The highest BCUT2D eigenvalue weighted by molar-refractivity contribution is 5.77. The summed E-state index contributed by atoms with van der Waals surface area (Å²) in [5.74, 6) is -0.0220. The SMILES string of the molecule is CC(NC(=O)CC(O)c1cccc(F)c1)C1CCC1. The lowest BCUT2D eigenvalue weighted by molar-refractivity contribution is -0.124. The molecule has 104 valence electrons. The van der Waals surface area contributed by atoms with Gasteiger partial charge in [-0.05, 0) is 43.4 Å². The number of halogens is 1. The maximum absolute atomic E-state index is 13.0. The van der Waals surface area contributed by atoms with Crippen LogP contribution in [-0.2, 0) is 4.79 Å². The molecule has 0 spiro atoms. The number of carbonyl (C=O) groups excluding carboxylic acids is 1. The van der Waals surface area contributed by atoms with Gasteiger partial charge in [-0.25, -0.2) is 4.39 Å². The molecule has 1 aliphatic carbocycles. The molecule has 0 aromatic heterocycles. The van der Waals surface area contributed by atoms with E-state index in [2.05, 4.69) is 5.32 Å². The van der Waals surface area contributed by atoms with Crippen molar-refractivity contribution in [3.05, 3.63) is 35.6 Å². The van der Waals surface area contributed by atoms with Crippen LogP contribution in [0.2, 0.25) is 0 Å². The number of rotatable bonds is 5. The fourth-order valence-corrected chi connectivity index (χ4v) is 2.38. The number of benzene rings is 1. The summed E-state index contributed by atoms with van der Waals surface area (Å²) in [5, 5.41) is 12.8. The maximum Gasteiger partial charge on any atom is 0.223 e.